The molecule has 0 aliphatic rings. The molecule has 4 nitrogen and oxygen atoms in total. The molecule has 3 N–H and O–H groups in total. The van der Waals surface area contributed by atoms with Crippen molar-refractivity contribution in [3.05, 3.63) is 138 Å². The van der Waals surface area contributed by atoms with E-state index < -0.39 is 0 Å². The van der Waals surface area contributed by atoms with Gasteiger partial charge in [0, 0.05) is 45.8 Å². The summed E-state index contributed by atoms with van der Waals surface area (Å²) in [5.41, 5.74) is 7.73. The van der Waals surface area contributed by atoms with Crippen molar-refractivity contribution >= 4 is 33.4 Å². The first-order chi connectivity index (χ1) is 17.8. The van der Waals surface area contributed by atoms with Crippen LogP contribution in [-0.4, -0.2) is 15.9 Å². The minimum Gasteiger partial charge on any atom is -0.361 e. The van der Waals surface area contributed by atoms with Crippen molar-refractivity contribution in [2.24, 2.45) is 0 Å². The van der Waals surface area contributed by atoms with Gasteiger partial charge in [-0.2, -0.15) is 0 Å². The second-order valence-corrected chi connectivity index (χ2v) is 9.20. The predicted molar refractivity (Wildman–Crippen MR) is 147 cm³/mol. The van der Waals surface area contributed by atoms with E-state index in [-0.39, 0.29) is 11.8 Å². The summed E-state index contributed by atoms with van der Waals surface area (Å²) in [5, 5.41) is 5.62. The number of carbonyl (C=O) groups excluding carboxylic acids is 1. The summed E-state index contributed by atoms with van der Waals surface area (Å²) in [5.74, 6) is 0.0915. The molecule has 176 valence electrons. The molecule has 4 heteroatoms. The van der Waals surface area contributed by atoms with Gasteiger partial charge in [0.2, 0.25) is 5.91 Å². The molecule has 0 saturated carbocycles. The van der Waals surface area contributed by atoms with E-state index in [1.54, 1.807) is 0 Å². The molecule has 2 aromatic heterocycles. The Morgan fingerprint density at radius 3 is 1.89 bits per heavy atom. The summed E-state index contributed by atoms with van der Waals surface area (Å²) in [4.78, 5) is 19.8. The Kier molecular flexibility index (Phi) is 5.84. The minimum absolute atomic E-state index is 0.00983. The molecule has 0 spiro atoms. The molecule has 0 aliphatic carbocycles. The monoisotopic (exact) mass is 469 g/mol. The van der Waals surface area contributed by atoms with Gasteiger partial charge in [-0.05, 0) is 46.9 Å². The average Bonchev–Trinajstić information content (AvgIpc) is 3.54. The van der Waals surface area contributed by atoms with Crippen LogP contribution in [0.3, 0.4) is 0 Å². The van der Waals surface area contributed by atoms with Crippen molar-refractivity contribution in [1.82, 2.24) is 9.97 Å². The fraction of sp³-hybridized carbons (Fsp3) is 0.0938. The smallest absolute Gasteiger partial charge is 0.228 e. The number of aromatic nitrogens is 2. The Bertz CT molecular complexity index is 1570. The lowest BCUT2D eigenvalue weighted by molar-refractivity contribution is -0.115. The van der Waals surface area contributed by atoms with Crippen LogP contribution in [0.15, 0.2) is 116 Å². The second-order valence-electron chi connectivity index (χ2n) is 9.20. The van der Waals surface area contributed by atoms with Crippen molar-refractivity contribution < 1.29 is 4.79 Å². The van der Waals surface area contributed by atoms with Crippen LogP contribution in [0.4, 0.5) is 5.69 Å². The van der Waals surface area contributed by atoms with Gasteiger partial charge in [-0.1, -0.05) is 84.9 Å². The van der Waals surface area contributed by atoms with Gasteiger partial charge in [-0.3, -0.25) is 4.79 Å². The molecule has 0 saturated heterocycles. The number of hydrogen-bond donors (Lipinski definition) is 3. The molecule has 0 radical (unpaired) electrons. The molecule has 4 aromatic carbocycles. The van der Waals surface area contributed by atoms with Crippen molar-refractivity contribution in [3.63, 3.8) is 0 Å². The Morgan fingerprint density at radius 2 is 1.22 bits per heavy atom. The summed E-state index contributed by atoms with van der Waals surface area (Å²) in [7, 11) is 0. The highest BCUT2D eigenvalue weighted by molar-refractivity contribution is 5.93. The molecular weight excluding hydrogens is 442 g/mol. The van der Waals surface area contributed by atoms with Gasteiger partial charge in [-0.25, -0.2) is 0 Å². The summed E-state index contributed by atoms with van der Waals surface area (Å²) >= 11 is 0. The molecule has 1 amide bonds. The molecule has 6 aromatic rings. The molecule has 0 unspecified atom stereocenters. The Labute approximate surface area is 210 Å². The first kappa shape index (κ1) is 21.9. The summed E-state index contributed by atoms with van der Waals surface area (Å²) in [6, 6.07) is 34.9. The lowest BCUT2D eigenvalue weighted by atomic mass is 9.85. The predicted octanol–water partition coefficient (Wildman–Crippen LogP) is 7.21. The number of carbonyl (C=O) groups is 1. The number of fused-ring (bicyclic) bond motifs is 2. The maximum Gasteiger partial charge on any atom is 0.228 e. The number of anilines is 1. The topological polar surface area (TPSA) is 60.7 Å². The Hall–Kier alpha value is -4.57. The van der Waals surface area contributed by atoms with E-state index in [4.69, 9.17) is 0 Å². The first-order valence-electron chi connectivity index (χ1n) is 12.3. The van der Waals surface area contributed by atoms with Gasteiger partial charge in [0.15, 0.2) is 0 Å². The fourth-order valence-corrected chi connectivity index (χ4v) is 5.17. The molecule has 0 atom stereocenters. The maximum absolute atomic E-state index is 12.9. The highest BCUT2D eigenvalue weighted by Crippen LogP contribution is 2.38. The molecule has 6 rings (SSSR count). The van der Waals surface area contributed by atoms with Gasteiger partial charge in [0.1, 0.15) is 0 Å². The van der Waals surface area contributed by atoms with Gasteiger partial charge in [-0.15, -0.1) is 0 Å². The molecule has 0 aliphatic heterocycles. The number of nitrogens with one attached hydrogen (secondary N) is 3. The van der Waals surface area contributed by atoms with Crippen LogP contribution >= 0.6 is 0 Å². The van der Waals surface area contributed by atoms with Gasteiger partial charge >= 0.3 is 0 Å². The van der Waals surface area contributed by atoms with E-state index in [0.29, 0.717) is 6.42 Å². The van der Waals surface area contributed by atoms with E-state index in [1.165, 1.54) is 21.9 Å². The normalized spacial score (nSPS) is 11.4. The first-order valence-corrected chi connectivity index (χ1v) is 12.3. The van der Waals surface area contributed by atoms with E-state index >= 15 is 0 Å². The second kappa shape index (κ2) is 9.59. The molecule has 0 bridgehead atoms. The number of benzene rings is 4. The van der Waals surface area contributed by atoms with Gasteiger partial charge in [0.05, 0.1) is 6.42 Å². The van der Waals surface area contributed by atoms with Crippen molar-refractivity contribution in [2.45, 2.75) is 18.8 Å². The fourth-order valence-electron chi connectivity index (χ4n) is 5.17. The van der Waals surface area contributed by atoms with Crippen LogP contribution < -0.4 is 5.32 Å². The highest BCUT2D eigenvalue weighted by Gasteiger charge is 2.23. The third kappa shape index (κ3) is 4.29. The van der Waals surface area contributed by atoms with Crippen LogP contribution in [0.2, 0.25) is 0 Å². The third-order valence-corrected chi connectivity index (χ3v) is 6.92. The van der Waals surface area contributed by atoms with Crippen LogP contribution in [-0.2, 0) is 17.6 Å². The molecule has 0 fully saturated rings. The van der Waals surface area contributed by atoms with Gasteiger partial charge < -0.3 is 15.3 Å². The van der Waals surface area contributed by atoms with E-state index in [2.05, 4.69) is 82.3 Å². The SMILES string of the molecule is O=C(Cc1ccccc1)Nc1ccccc1CC(c1c[nH]c2ccccc12)c1c[nH]c2ccccc12. The van der Waals surface area contributed by atoms with Crippen LogP contribution in [0.5, 0.6) is 0 Å². The van der Waals surface area contributed by atoms with Crippen molar-refractivity contribution in [2.75, 3.05) is 5.32 Å². The Morgan fingerprint density at radius 1 is 0.667 bits per heavy atom. The number of H-pyrrole nitrogens is 2. The molecule has 36 heavy (non-hydrogen) atoms. The summed E-state index contributed by atoms with van der Waals surface area (Å²) in [6.07, 6.45) is 5.37. The Balaban J connectivity index is 1.38. The lowest BCUT2D eigenvalue weighted by Gasteiger charge is -2.19. The quantitative estimate of drug-likeness (QED) is 0.227. The highest BCUT2D eigenvalue weighted by atomic mass is 16.1. The van der Waals surface area contributed by atoms with Crippen LogP contribution in [0.1, 0.15) is 28.2 Å². The van der Waals surface area contributed by atoms with Crippen LogP contribution in [0.25, 0.3) is 21.8 Å². The van der Waals surface area contributed by atoms with E-state index in [1.807, 2.05) is 48.5 Å². The molecular formula is C32H27N3O. The lowest BCUT2D eigenvalue weighted by Crippen LogP contribution is -2.16. The zero-order valence-corrected chi connectivity index (χ0v) is 19.9. The standard InChI is InChI=1S/C32H27N3O/c36-32(18-22-10-2-1-3-11-22)35-29-15-7-4-12-23(29)19-26(27-20-33-30-16-8-5-13-24(27)30)28-21-34-31-17-9-6-14-25(28)31/h1-17,20-21,26,33-34H,18-19H2,(H,35,36). The number of rotatable bonds is 7. The maximum atomic E-state index is 12.9. The zero-order valence-electron chi connectivity index (χ0n) is 19.9. The number of amides is 1. The summed E-state index contributed by atoms with van der Waals surface area (Å²) < 4.78 is 0. The third-order valence-electron chi connectivity index (χ3n) is 6.92. The zero-order chi connectivity index (χ0) is 24.3. The average molecular weight is 470 g/mol. The molecule has 2 heterocycles. The number of hydrogen-bond acceptors (Lipinski definition) is 1. The van der Waals surface area contributed by atoms with E-state index in [0.717, 1.165) is 34.3 Å². The summed E-state index contributed by atoms with van der Waals surface area (Å²) in [6.45, 7) is 0. The van der Waals surface area contributed by atoms with Gasteiger partial charge in [0.25, 0.3) is 0 Å². The van der Waals surface area contributed by atoms with Crippen molar-refractivity contribution in [1.29, 1.82) is 0 Å². The minimum atomic E-state index is -0.00983. The number of aromatic amines is 2. The number of para-hydroxylation sites is 3. The largest absolute Gasteiger partial charge is 0.361 e. The van der Waals surface area contributed by atoms with E-state index in [9.17, 15) is 4.79 Å². The van der Waals surface area contributed by atoms with Crippen LogP contribution in [0, 0.1) is 0 Å². The van der Waals surface area contributed by atoms with Crippen molar-refractivity contribution in [3.8, 4) is 0 Å².